The van der Waals surface area contributed by atoms with E-state index < -0.39 is 0 Å². The summed E-state index contributed by atoms with van der Waals surface area (Å²) in [5.41, 5.74) is 1.19. The average Bonchev–Trinajstić information content (AvgIpc) is 2.84. The number of hydrogen-bond donors (Lipinski definition) is 0. The second kappa shape index (κ2) is 9.67. The second-order valence-corrected chi connectivity index (χ2v) is 7.11. The Morgan fingerprint density at radius 1 is 1.12 bits per heavy atom. The molecule has 0 saturated carbocycles. The number of aryl methyl sites for hydroxylation is 1. The van der Waals surface area contributed by atoms with E-state index in [0.29, 0.717) is 6.42 Å². The summed E-state index contributed by atoms with van der Waals surface area (Å²) >= 11 is 0. The van der Waals surface area contributed by atoms with Crippen molar-refractivity contribution in [1.82, 2.24) is 9.80 Å². The molecule has 1 fully saturated rings. The lowest BCUT2D eigenvalue weighted by atomic mass is 10.1. The van der Waals surface area contributed by atoms with Crippen molar-refractivity contribution in [2.45, 2.75) is 39.5 Å². The zero-order valence-corrected chi connectivity index (χ0v) is 15.5. The molecule has 1 aliphatic heterocycles. The molecule has 1 aliphatic rings. The first-order chi connectivity index (χ1) is 11.6. The molecule has 1 aromatic rings. The average molecular weight is 332 g/mol. The maximum Gasteiger partial charge on any atom is 0.222 e. The number of benzene rings is 1. The molecular formula is C20H32N2O2. The zero-order chi connectivity index (χ0) is 17.4. The van der Waals surface area contributed by atoms with Gasteiger partial charge in [0, 0.05) is 26.1 Å². The van der Waals surface area contributed by atoms with Gasteiger partial charge in [-0.25, -0.2) is 0 Å². The molecule has 0 aromatic heterocycles. The van der Waals surface area contributed by atoms with Crippen LogP contribution in [0.15, 0.2) is 24.3 Å². The van der Waals surface area contributed by atoms with E-state index >= 15 is 0 Å². The van der Waals surface area contributed by atoms with E-state index in [0.717, 1.165) is 57.2 Å². The smallest absolute Gasteiger partial charge is 0.222 e. The number of nitrogens with zero attached hydrogens (tertiary/aromatic N) is 2. The number of hydrogen-bond acceptors (Lipinski definition) is 3. The van der Waals surface area contributed by atoms with Gasteiger partial charge >= 0.3 is 0 Å². The minimum absolute atomic E-state index is 0.288. The standard InChI is InChI=1S/C20H32N2O2/c1-17(2)11-14-21-12-4-13-22(16-15-21)20(23)10-7-18-5-8-19(24-3)9-6-18/h5-6,8-9,17H,4,7,10-16H2,1-3H3. The lowest BCUT2D eigenvalue weighted by molar-refractivity contribution is -0.131. The normalized spacial score (nSPS) is 16.2. The first-order valence-corrected chi connectivity index (χ1v) is 9.21. The summed E-state index contributed by atoms with van der Waals surface area (Å²) < 4.78 is 5.17. The molecule has 1 amide bonds. The highest BCUT2D eigenvalue weighted by molar-refractivity contribution is 5.76. The lowest BCUT2D eigenvalue weighted by Crippen LogP contribution is -2.35. The van der Waals surface area contributed by atoms with Crippen LogP contribution in [0.4, 0.5) is 0 Å². The second-order valence-electron chi connectivity index (χ2n) is 7.11. The van der Waals surface area contributed by atoms with Gasteiger partial charge in [0.05, 0.1) is 7.11 Å². The van der Waals surface area contributed by atoms with Gasteiger partial charge in [0.15, 0.2) is 0 Å². The largest absolute Gasteiger partial charge is 0.497 e. The molecule has 0 unspecified atom stereocenters. The summed E-state index contributed by atoms with van der Waals surface area (Å²) in [4.78, 5) is 17.1. The van der Waals surface area contributed by atoms with Crippen LogP contribution in [-0.4, -0.2) is 55.5 Å². The van der Waals surface area contributed by atoms with E-state index in [9.17, 15) is 4.79 Å². The highest BCUT2D eigenvalue weighted by Crippen LogP contribution is 2.14. The van der Waals surface area contributed by atoms with Crippen LogP contribution < -0.4 is 4.74 Å². The third-order valence-corrected chi connectivity index (χ3v) is 4.75. The summed E-state index contributed by atoms with van der Waals surface area (Å²) in [6.45, 7) is 9.61. The Morgan fingerprint density at radius 3 is 2.54 bits per heavy atom. The number of carbonyl (C=O) groups excluding carboxylic acids is 1. The van der Waals surface area contributed by atoms with Gasteiger partial charge < -0.3 is 14.5 Å². The molecule has 4 heteroatoms. The van der Waals surface area contributed by atoms with E-state index in [1.165, 1.54) is 12.0 Å². The summed E-state index contributed by atoms with van der Waals surface area (Å²) in [6, 6.07) is 8.00. The monoisotopic (exact) mass is 332 g/mol. The van der Waals surface area contributed by atoms with Gasteiger partial charge in [0.25, 0.3) is 0 Å². The van der Waals surface area contributed by atoms with Gasteiger partial charge in [0.1, 0.15) is 5.75 Å². The zero-order valence-electron chi connectivity index (χ0n) is 15.5. The molecule has 0 N–H and O–H groups in total. The van der Waals surface area contributed by atoms with Crippen molar-refractivity contribution < 1.29 is 9.53 Å². The Balaban J connectivity index is 1.75. The number of carbonyl (C=O) groups is 1. The van der Waals surface area contributed by atoms with E-state index in [1.807, 2.05) is 24.3 Å². The van der Waals surface area contributed by atoms with E-state index in [4.69, 9.17) is 4.74 Å². The predicted molar refractivity (Wildman–Crippen MR) is 98.4 cm³/mol. The molecule has 0 aliphatic carbocycles. The molecule has 4 nitrogen and oxygen atoms in total. The van der Waals surface area contributed by atoms with Gasteiger partial charge in [-0.05, 0) is 56.0 Å². The van der Waals surface area contributed by atoms with Crippen LogP contribution in [0.5, 0.6) is 5.75 Å². The molecule has 0 spiro atoms. The molecule has 1 aromatic carbocycles. The Hall–Kier alpha value is -1.55. The number of rotatable bonds is 7. The van der Waals surface area contributed by atoms with Crippen LogP contribution in [-0.2, 0) is 11.2 Å². The Kier molecular flexibility index (Phi) is 7.57. The van der Waals surface area contributed by atoms with Crippen molar-refractivity contribution >= 4 is 5.91 Å². The maximum absolute atomic E-state index is 12.5. The number of ether oxygens (including phenoxy) is 1. The van der Waals surface area contributed by atoms with Crippen molar-refractivity contribution in [3.05, 3.63) is 29.8 Å². The molecule has 0 radical (unpaired) electrons. The van der Waals surface area contributed by atoms with Gasteiger partial charge in [0.2, 0.25) is 5.91 Å². The summed E-state index contributed by atoms with van der Waals surface area (Å²) in [5.74, 6) is 1.89. The van der Waals surface area contributed by atoms with Crippen LogP contribution in [0.2, 0.25) is 0 Å². The van der Waals surface area contributed by atoms with Crippen molar-refractivity contribution in [3.63, 3.8) is 0 Å². The predicted octanol–water partition coefficient (Wildman–Crippen LogP) is 3.21. The van der Waals surface area contributed by atoms with E-state index in [1.54, 1.807) is 7.11 Å². The Bertz CT molecular complexity index is 499. The molecule has 0 bridgehead atoms. The SMILES string of the molecule is COc1ccc(CCC(=O)N2CCCN(CCC(C)C)CC2)cc1. The fraction of sp³-hybridized carbons (Fsp3) is 0.650. The van der Waals surface area contributed by atoms with Crippen LogP contribution in [0.25, 0.3) is 0 Å². The van der Waals surface area contributed by atoms with E-state index in [-0.39, 0.29) is 5.91 Å². The van der Waals surface area contributed by atoms with Gasteiger partial charge in [-0.3, -0.25) is 4.79 Å². The summed E-state index contributed by atoms with van der Waals surface area (Å²) in [7, 11) is 1.67. The quantitative estimate of drug-likeness (QED) is 0.769. The molecule has 1 heterocycles. The third-order valence-electron chi connectivity index (χ3n) is 4.75. The number of methoxy groups -OCH3 is 1. The van der Waals surface area contributed by atoms with Crippen LogP contribution in [0.1, 0.15) is 38.7 Å². The Morgan fingerprint density at radius 2 is 1.88 bits per heavy atom. The number of amides is 1. The fourth-order valence-corrected chi connectivity index (χ4v) is 3.09. The summed E-state index contributed by atoms with van der Waals surface area (Å²) in [6.07, 6.45) is 3.73. The minimum Gasteiger partial charge on any atom is -0.497 e. The molecule has 1 saturated heterocycles. The molecule has 0 atom stereocenters. The van der Waals surface area contributed by atoms with Crippen LogP contribution >= 0.6 is 0 Å². The Labute approximate surface area is 146 Å². The van der Waals surface area contributed by atoms with E-state index in [2.05, 4.69) is 23.6 Å². The van der Waals surface area contributed by atoms with Crippen molar-refractivity contribution in [2.24, 2.45) is 5.92 Å². The summed E-state index contributed by atoms with van der Waals surface area (Å²) in [5, 5.41) is 0. The van der Waals surface area contributed by atoms with Crippen molar-refractivity contribution in [1.29, 1.82) is 0 Å². The third kappa shape index (κ3) is 6.16. The molecule has 24 heavy (non-hydrogen) atoms. The van der Waals surface area contributed by atoms with Gasteiger partial charge in [-0.1, -0.05) is 26.0 Å². The molecule has 2 rings (SSSR count). The lowest BCUT2D eigenvalue weighted by Gasteiger charge is -2.22. The van der Waals surface area contributed by atoms with Gasteiger partial charge in [-0.2, -0.15) is 0 Å². The van der Waals surface area contributed by atoms with Crippen molar-refractivity contribution in [3.8, 4) is 5.75 Å². The van der Waals surface area contributed by atoms with Gasteiger partial charge in [-0.15, -0.1) is 0 Å². The highest BCUT2D eigenvalue weighted by atomic mass is 16.5. The van der Waals surface area contributed by atoms with Crippen molar-refractivity contribution in [2.75, 3.05) is 39.8 Å². The fourth-order valence-electron chi connectivity index (χ4n) is 3.09. The first-order valence-electron chi connectivity index (χ1n) is 9.21. The minimum atomic E-state index is 0.288. The highest BCUT2D eigenvalue weighted by Gasteiger charge is 2.18. The molecule has 134 valence electrons. The maximum atomic E-state index is 12.5. The first kappa shape index (κ1) is 18.8. The topological polar surface area (TPSA) is 32.8 Å². The molecular weight excluding hydrogens is 300 g/mol. The van der Waals surface area contributed by atoms with Crippen LogP contribution in [0.3, 0.4) is 0 Å². The van der Waals surface area contributed by atoms with Crippen LogP contribution in [0, 0.1) is 5.92 Å².